The fourth-order valence-electron chi connectivity index (χ4n) is 4.71. The third kappa shape index (κ3) is 5.37. The average molecular weight is 537 g/mol. The number of aliphatic hydroxyl groups is 1. The zero-order chi connectivity index (χ0) is 28.1. The van der Waals surface area contributed by atoms with Gasteiger partial charge in [0.25, 0.3) is 11.7 Å². The second kappa shape index (κ2) is 11.7. The Morgan fingerprint density at radius 2 is 1.62 bits per heavy atom. The van der Waals surface area contributed by atoms with Crippen LogP contribution in [0.25, 0.3) is 5.76 Å². The summed E-state index contributed by atoms with van der Waals surface area (Å²) < 4.78 is 16.9. The highest BCUT2D eigenvalue weighted by Gasteiger charge is 2.46. The summed E-state index contributed by atoms with van der Waals surface area (Å²) in [5.74, 6) is -0.327. The fraction of sp³-hybridized carbons (Fsp3) is 0.156. The van der Waals surface area contributed by atoms with Gasteiger partial charge in [-0.1, -0.05) is 48.5 Å². The molecule has 1 fully saturated rings. The molecule has 1 aromatic heterocycles. The Labute approximate surface area is 232 Å². The molecule has 0 bridgehead atoms. The third-order valence-corrected chi connectivity index (χ3v) is 6.73. The highest BCUT2D eigenvalue weighted by atomic mass is 16.5. The van der Waals surface area contributed by atoms with Gasteiger partial charge in [-0.15, -0.1) is 0 Å². The quantitative estimate of drug-likeness (QED) is 0.176. The molecule has 5 rings (SSSR count). The molecule has 0 aliphatic carbocycles. The third-order valence-electron chi connectivity index (χ3n) is 6.73. The minimum Gasteiger partial charge on any atom is -0.507 e. The van der Waals surface area contributed by atoms with Gasteiger partial charge in [-0.25, -0.2) is 0 Å². The molecule has 1 aliphatic heterocycles. The van der Waals surface area contributed by atoms with E-state index < -0.39 is 17.7 Å². The topological polar surface area (TPSA) is 98.2 Å². The van der Waals surface area contributed by atoms with Gasteiger partial charge in [-0.2, -0.15) is 0 Å². The Balaban J connectivity index is 1.58. The van der Waals surface area contributed by atoms with Gasteiger partial charge >= 0.3 is 0 Å². The molecule has 8 nitrogen and oxygen atoms in total. The number of carbonyl (C=O) groups excluding carboxylic acids is 2. The van der Waals surface area contributed by atoms with Crippen LogP contribution in [0.2, 0.25) is 0 Å². The number of hydrogen-bond acceptors (Lipinski definition) is 7. The second-order valence-corrected chi connectivity index (χ2v) is 9.20. The van der Waals surface area contributed by atoms with Crippen molar-refractivity contribution in [3.63, 3.8) is 0 Å². The van der Waals surface area contributed by atoms with Crippen molar-refractivity contribution in [1.82, 2.24) is 9.88 Å². The van der Waals surface area contributed by atoms with Crippen LogP contribution in [-0.2, 0) is 22.7 Å². The van der Waals surface area contributed by atoms with Crippen molar-refractivity contribution in [3.05, 3.63) is 125 Å². The molecule has 202 valence electrons. The number of carbonyl (C=O) groups is 2. The van der Waals surface area contributed by atoms with E-state index in [0.717, 1.165) is 11.1 Å². The Morgan fingerprint density at radius 1 is 0.850 bits per heavy atom. The maximum Gasteiger partial charge on any atom is 0.295 e. The first-order chi connectivity index (χ1) is 19.5. The molecule has 3 aromatic carbocycles. The zero-order valence-corrected chi connectivity index (χ0v) is 22.1. The first-order valence-corrected chi connectivity index (χ1v) is 12.7. The van der Waals surface area contributed by atoms with Crippen LogP contribution < -0.4 is 14.2 Å². The summed E-state index contributed by atoms with van der Waals surface area (Å²) in [6, 6.07) is 24.4. The Hall–Kier alpha value is -5.11. The summed E-state index contributed by atoms with van der Waals surface area (Å²) >= 11 is 0. The smallest absolute Gasteiger partial charge is 0.295 e. The Morgan fingerprint density at radius 3 is 2.35 bits per heavy atom. The predicted octanol–water partition coefficient (Wildman–Crippen LogP) is 5.30. The van der Waals surface area contributed by atoms with Crippen molar-refractivity contribution >= 4 is 17.4 Å². The average Bonchev–Trinajstić information content (AvgIpc) is 3.25. The maximum atomic E-state index is 13.4. The van der Waals surface area contributed by atoms with E-state index in [2.05, 4.69) is 4.98 Å². The number of hydrogen-bond donors (Lipinski definition) is 1. The SMILES string of the molecule is COc1cccc(C(O)=C2C(=O)C(=O)N(Cc3ccncc3)C2c2ccc(OCc3ccccc3)c(OC)c2)c1. The molecule has 1 N–H and O–H groups in total. The lowest BCUT2D eigenvalue weighted by atomic mass is 9.94. The van der Waals surface area contributed by atoms with E-state index in [1.165, 1.54) is 19.1 Å². The molecule has 0 saturated carbocycles. The molecule has 1 unspecified atom stereocenters. The largest absolute Gasteiger partial charge is 0.507 e. The van der Waals surface area contributed by atoms with Gasteiger partial charge in [-0.3, -0.25) is 14.6 Å². The van der Waals surface area contributed by atoms with E-state index in [0.29, 0.717) is 35.0 Å². The lowest BCUT2D eigenvalue weighted by Gasteiger charge is -2.26. The van der Waals surface area contributed by atoms with Crippen molar-refractivity contribution in [2.45, 2.75) is 19.2 Å². The van der Waals surface area contributed by atoms with Gasteiger partial charge in [0.1, 0.15) is 18.1 Å². The summed E-state index contributed by atoms with van der Waals surface area (Å²) in [4.78, 5) is 32.3. The lowest BCUT2D eigenvalue weighted by Crippen LogP contribution is -2.29. The number of nitrogens with zero attached hydrogens (tertiary/aromatic N) is 2. The molecule has 1 amide bonds. The van der Waals surface area contributed by atoms with Crippen molar-refractivity contribution in [2.24, 2.45) is 0 Å². The van der Waals surface area contributed by atoms with Crippen LogP contribution in [-0.4, -0.2) is 40.9 Å². The zero-order valence-electron chi connectivity index (χ0n) is 22.1. The summed E-state index contributed by atoms with van der Waals surface area (Å²) in [5.41, 5.74) is 2.71. The number of pyridine rings is 1. The molecule has 40 heavy (non-hydrogen) atoms. The molecule has 2 heterocycles. The normalized spacial score (nSPS) is 16.1. The van der Waals surface area contributed by atoms with Gasteiger partial charge in [-0.05, 0) is 53.1 Å². The molecule has 1 saturated heterocycles. The fourth-order valence-corrected chi connectivity index (χ4v) is 4.71. The molecule has 0 radical (unpaired) electrons. The van der Waals surface area contributed by atoms with E-state index in [1.54, 1.807) is 67.0 Å². The van der Waals surface area contributed by atoms with Crippen LogP contribution in [0, 0.1) is 0 Å². The first kappa shape index (κ1) is 26.5. The molecule has 1 atom stereocenters. The van der Waals surface area contributed by atoms with Gasteiger partial charge in [0.15, 0.2) is 11.5 Å². The van der Waals surface area contributed by atoms with Crippen molar-refractivity contribution in [1.29, 1.82) is 0 Å². The highest BCUT2D eigenvalue weighted by molar-refractivity contribution is 6.46. The summed E-state index contributed by atoms with van der Waals surface area (Å²) in [6.45, 7) is 0.480. The van der Waals surface area contributed by atoms with Gasteiger partial charge in [0.05, 0.1) is 25.8 Å². The Kier molecular flexibility index (Phi) is 7.77. The first-order valence-electron chi connectivity index (χ1n) is 12.7. The van der Waals surface area contributed by atoms with Gasteiger partial charge < -0.3 is 24.2 Å². The van der Waals surface area contributed by atoms with Crippen LogP contribution in [0.1, 0.15) is 28.3 Å². The van der Waals surface area contributed by atoms with Crippen LogP contribution in [0.4, 0.5) is 0 Å². The van der Waals surface area contributed by atoms with Crippen LogP contribution >= 0.6 is 0 Å². The molecule has 0 spiro atoms. The minimum atomic E-state index is -0.878. The van der Waals surface area contributed by atoms with Gasteiger partial charge in [0.2, 0.25) is 0 Å². The van der Waals surface area contributed by atoms with Crippen LogP contribution in [0.5, 0.6) is 17.2 Å². The predicted molar refractivity (Wildman–Crippen MR) is 149 cm³/mol. The number of benzene rings is 3. The molecular weight excluding hydrogens is 508 g/mol. The number of Topliss-reactive ketones (excluding diaryl/α,β-unsaturated/α-hetero) is 1. The van der Waals surface area contributed by atoms with Crippen LogP contribution in [0.15, 0.2) is 103 Å². The standard InChI is InChI=1S/C32H28N2O6/c1-38-25-10-6-9-24(17-25)30(35)28-29(34(32(37)31(28)36)19-21-13-15-33-16-14-21)23-11-12-26(27(18-23)39-2)40-20-22-7-4-3-5-8-22/h3-18,29,35H,19-20H2,1-2H3. The van der Waals surface area contributed by atoms with Crippen LogP contribution in [0.3, 0.4) is 0 Å². The monoisotopic (exact) mass is 536 g/mol. The van der Waals surface area contributed by atoms with E-state index in [4.69, 9.17) is 14.2 Å². The molecular formula is C32H28N2O6. The number of methoxy groups -OCH3 is 2. The van der Waals surface area contributed by atoms with Crippen molar-refractivity contribution < 1.29 is 28.9 Å². The number of amides is 1. The Bertz CT molecular complexity index is 1550. The second-order valence-electron chi connectivity index (χ2n) is 9.20. The molecule has 8 heteroatoms. The van der Waals surface area contributed by atoms with E-state index in [9.17, 15) is 14.7 Å². The molecule has 1 aliphatic rings. The summed E-state index contributed by atoms with van der Waals surface area (Å²) in [5, 5.41) is 11.4. The lowest BCUT2D eigenvalue weighted by molar-refractivity contribution is -0.140. The summed E-state index contributed by atoms with van der Waals surface area (Å²) in [6.07, 6.45) is 3.25. The van der Waals surface area contributed by atoms with E-state index in [1.807, 2.05) is 30.3 Å². The number of aliphatic hydroxyl groups excluding tert-OH is 1. The maximum absolute atomic E-state index is 13.4. The van der Waals surface area contributed by atoms with Gasteiger partial charge in [0, 0.05) is 24.5 Å². The van der Waals surface area contributed by atoms with Crippen molar-refractivity contribution in [2.75, 3.05) is 14.2 Å². The molecule has 4 aromatic rings. The number of ether oxygens (including phenoxy) is 3. The minimum absolute atomic E-state index is 0.0210. The number of rotatable bonds is 9. The summed E-state index contributed by atoms with van der Waals surface area (Å²) in [7, 11) is 3.04. The van der Waals surface area contributed by atoms with E-state index >= 15 is 0 Å². The number of aromatic nitrogens is 1. The van der Waals surface area contributed by atoms with Crippen molar-refractivity contribution in [3.8, 4) is 17.2 Å². The number of likely N-dealkylation sites (tertiary alicyclic amines) is 1. The van der Waals surface area contributed by atoms with E-state index in [-0.39, 0.29) is 17.9 Å². The number of ketones is 1. The highest BCUT2D eigenvalue weighted by Crippen LogP contribution is 2.43.